The number of nitro groups is 1. The van der Waals surface area contributed by atoms with Gasteiger partial charge in [-0.05, 0) is 37.6 Å². The van der Waals surface area contributed by atoms with Gasteiger partial charge in [0, 0.05) is 17.3 Å². The molecule has 0 bridgehead atoms. The minimum absolute atomic E-state index is 0.0626. The van der Waals surface area contributed by atoms with E-state index in [1.807, 2.05) is 13.0 Å². The number of esters is 1. The highest BCUT2D eigenvalue weighted by atomic mass is 16.6. The van der Waals surface area contributed by atoms with Crippen LogP contribution in [-0.2, 0) is 9.53 Å². The normalized spacial score (nSPS) is 10.1. The van der Waals surface area contributed by atoms with Crippen molar-refractivity contribution >= 4 is 23.3 Å². The summed E-state index contributed by atoms with van der Waals surface area (Å²) in [6.45, 7) is 2.87. The number of hydrogen-bond donors (Lipinski definition) is 1. The number of amides is 1. The number of rotatable bonds is 5. The molecule has 1 amide bonds. The van der Waals surface area contributed by atoms with E-state index in [1.165, 1.54) is 25.1 Å². The first-order valence-corrected chi connectivity index (χ1v) is 7.16. The second kappa shape index (κ2) is 7.36. The summed E-state index contributed by atoms with van der Waals surface area (Å²) in [6, 6.07) is 11.3. The van der Waals surface area contributed by atoms with Crippen molar-refractivity contribution in [2.75, 3.05) is 11.9 Å². The number of benzene rings is 2. The predicted molar refractivity (Wildman–Crippen MR) is 87.9 cm³/mol. The summed E-state index contributed by atoms with van der Waals surface area (Å²) in [4.78, 5) is 34.2. The van der Waals surface area contributed by atoms with Gasteiger partial charge in [-0.1, -0.05) is 18.2 Å². The molecule has 0 atom stereocenters. The van der Waals surface area contributed by atoms with Gasteiger partial charge in [0.1, 0.15) is 0 Å². The monoisotopic (exact) mass is 328 g/mol. The summed E-state index contributed by atoms with van der Waals surface area (Å²) >= 11 is 0. The van der Waals surface area contributed by atoms with Crippen LogP contribution in [0.3, 0.4) is 0 Å². The van der Waals surface area contributed by atoms with E-state index < -0.39 is 23.4 Å². The quantitative estimate of drug-likeness (QED) is 0.517. The number of nitro benzene ring substituents is 1. The van der Waals surface area contributed by atoms with E-state index in [-0.39, 0.29) is 16.8 Å². The largest absolute Gasteiger partial charge is 0.452 e. The van der Waals surface area contributed by atoms with Gasteiger partial charge in [0.15, 0.2) is 6.61 Å². The second-order valence-electron chi connectivity index (χ2n) is 5.20. The van der Waals surface area contributed by atoms with E-state index in [4.69, 9.17) is 4.74 Å². The zero-order chi connectivity index (χ0) is 17.7. The molecule has 0 saturated carbocycles. The highest BCUT2D eigenvalue weighted by Crippen LogP contribution is 2.21. The van der Waals surface area contributed by atoms with Crippen molar-refractivity contribution in [1.29, 1.82) is 0 Å². The van der Waals surface area contributed by atoms with E-state index in [1.54, 1.807) is 18.2 Å². The molecule has 0 spiro atoms. The minimum atomic E-state index is -0.782. The fraction of sp³-hybridized carbons (Fsp3) is 0.176. The Kier molecular flexibility index (Phi) is 5.26. The molecule has 2 aromatic carbocycles. The van der Waals surface area contributed by atoms with E-state index in [0.717, 1.165) is 5.56 Å². The molecular formula is C17H16N2O5. The van der Waals surface area contributed by atoms with Crippen molar-refractivity contribution in [2.45, 2.75) is 13.8 Å². The van der Waals surface area contributed by atoms with Gasteiger partial charge in [0.25, 0.3) is 11.6 Å². The third kappa shape index (κ3) is 4.16. The number of hydrogen-bond acceptors (Lipinski definition) is 5. The number of anilines is 1. The SMILES string of the molecule is Cc1cccc(NC(=O)COC(=O)c2cccc([N+](=O)[O-])c2C)c1. The lowest BCUT2D eigenvalue weighted by atomic mass is 10.1. The van der Waals surface area contributed by atoms with Gasteiger partial charge in [-0.2, -0.15) is 0 Å². The summed E-state index contributed by atoms with van der Waals surface area (Å²) in [6.07, 6.45) is 0. The Morgan fingerprint density at radius 1 is 1.17 bits per heavy atom. The third-order valence-corrected chi connectivity index (χ3v) is 3.36. The van der Waals surface area contributed by atoms with Crippen molar-refractivity contribution in [1.82, 2.24) is 0 Å². The molecule has 0 aliphatic heterocycles. The Morgan fingerprint density at radius 2 is 1.88 bits per heavy atom. The van der Waals surface area contributed by atoms with Crippen LogP contribution in [0.5, 0.6) is 0 Å². The molecule has 7 nitrogen and oxygen atoms in total. The fourth-order valence-corrected chi connectivity index (χ4v) is 2.17. The standard InChI is InChI=1S/C17H16N2O5/c1-11-5-3-6-13(9-11)18-16(20)10-24-17(21)14-7-4-8-15(12(14)2)19(22)23/h3-9H,10H2,1-2H3,(H,18,20). The number of nitrogens with zero attached hydrogens (tertiary/aromatic N) is 1. The molecule has 0 heterocycles. The van der Waals surface area contributed by atoms with Crippen LogP contribution >= 0.6 is 0 Å². The molecule has 0 radical (unpaired) electrons. The molecule has 124 valence electrons. The number of carbonyl (C=O) groups is 2. The Bertz CT molecular complexity index is 801. The lowest BCUT2D eigenvalue weighted by molar-refractivity contribution is -0.385. The van der Waals surface area contributed by atoms with E-state index in [2.05, 4.69) is 5.32 Å². The molecule has 2 rings (SSSR count). The average Bonchev–Trinajstić information content (AvgIpc) is 2.52. The van der Waals surface area contributed by atoms with E-state index in [9.17, 15) is 19.7 Å². The van der Waals surface area contributed by atoms with Gasteiger partial charge < -0.3 is 10.1 Å². The third-order valence-electron chi connectivity index (χ3n) is 3.36. The smallest absolute Gasteiger partial charge is 0.339 e. The van der Waals surface area contributed by atoms with Crippen LogP contribution in [-0.4, -0.2) is 23.4 Å². The second-order valence-corrected chi connectivity index (χ2v) is 5.20. The molecule has 0 saturated heterocycles. The Labute approximate surface area is 138 Å². The highest BCUT2D eigenvalue weighted by molar-refractivity contribution is 5.96. The van der Waals surface area contributed by atoms with Gasteiger partial charge in [-0.15, -0.1) is 0 Å². The van der Waals surface area contributed by atoms with Gasteiger partial charge in [0.05, 0.1) is 10.5 Å². The predicted octanol–water partition coefficient (Wildman–Crippen LogP) is 3.01. The lowest BCUT2D eigenvalue weighted by Crippen LogP contribution is -2.21. The first-order chi connectivity index (χ1) is 11.4. The highest BCUT2D eigenvalue weighted by Gasteiger charge is 2.19. The summed E-state index contributed by atoms with van der Waals surface area (Å²) < 4.78 is 4.93. The Hall–Kier alpha value is -3.22. The minimum Gasteiger partial charge on any atom is -0.452 e. The van der Waals surface area contributed by atoms with E-state index >= 15 is 0 Å². The van der Waals surface area contributed by atoms with E-state index in [0.29, 0.717) is 5.69 Å². The van der Waals surface area contributed by atoms with Crippen LogP contribution in [0, 0.1) is 24.0 Å². The van der Waals surface area contributed by atoms with Crippen LogP contribution in [0.1, 0.15) is 21.5 Å². The lowest BCUT2D eigenvalue weighted by Gasteiger charge is -2.08. The molecule has 1 N–H and O–H groups in total. The van der Waals surface area contributed by atoms with Crippen molar-refractivity contribution in [3.8, 4) is 0 Å². The molecule has 7 heteroatoms. The van der Waals surface area contributed by atoms with Crippen molar-refractivity contribution in [2.24, 2.45) is 0 Å². The zero-order valence-corrected chi connectivity index (χ0v) is 13.2. The summed E-state index contributed by atoms with van der Waals surface area (Å²) in [5.41, 5.74) is 1.67. The number of ether oxygens (including phenoxy) is 1. The molecule has 0 aliphatic carbocycles. The summed E-state index contributed by atoms with van der Waals surface area (Å²) in [5, 5.41) is 13.5. The molecule has 0 aromatic heterocycles. The number of carbonyl (C=O) groups excluding carboxylic acids is 2. The molecule has 0 aliphatic rings. The van der Waals surface area contributed by atoms with Crippen molar-refractivity contribution in [3.05, 3.63) is 69.3 Å². The first kappa shape index (κ1) is 17.1. The van der Waals surface area contributed by atoms with Crippen molar-refractivity contribution in [3.63, 3.8) is 0 Å². The average molecular weight is 328 g/mol. The number of aryl methyl sites for hydroxylation is 1. The zero-order valence-electron chi connectivity index (χ0n) is 13.2. The first-order valence-electron chi connectivity index (χ1n) is 7.16. The van der Waals surface area contributed by atoms with Gasteiger partial charge >= 0.3 is 5.97 Å². The number of nitrogens with one attached hydrogen (secondary N) is 1. The molecule has 0 fully saturated rings. The van der Waals surface area contributed by atoms with Gasteiger partial charge in [0.2, 0.25) is 0 Å². The van der Waals surface area contributed by atoms with Crippen LogP contribution in [0.4, 0.5) is 11.4 Å². The van der Waals surface area contributed by atoms with Gasteiger partial charge in [-0.25, -0.2) is 4.79 Å². The maximum atomic E-state index is 12.0. The Balaban J connectivity index is 1.99. The molecule has 0 unspecified atom stereocenters. The Morgan fingerprint density at radius 3 is 2.54 bits per heavy atom. The van der Waals surface area contributed by atoms with Crippen LogP contribution in [0.2, 0.25) is 0 Å². The van der Waals surface area contributed by atoms with Crippen LogP contribution in [0.25, 0.3) is 0 Å². The summed E-state index contributed by atoms with van der Waals surface area (Å²) in [5.74, 6) is -1.27. The van der Waals surface area contributed by atoms with Gasteiger partial charge in [-0.3, -0.25) is 14.9 Å². The van der Waals surface area contributed by atoms with Crippen LogP contribution < -0.4 is 5.32 Å². The summed E-state index contributed by atoms with van der Waals surface area (Å²) in [7, 11) is 0. The molecule has 2 aromatic rings. The maximum absolute atomic E-state index is 12.0. The topological polar surface area (TPSA) is 98.5 Å². The maximum Gasteiger partial charge on any atom is 0.339 e. The van der Waals surface area contributed by atoms with Crippen LogP contribution in [0.15, 0.2) is 42.5 Å². The molecular weight excluding hydrogens is 312 g/mol. The van der Waals surface area contributed by atoms with Crippen molar-refractivity contribution < 1.29 is 19.2 Å². The molecule has 24 heavy (non-hydrogen) atoms. The fourth-order valence-electron chi connectivity index (χ4n) is 2.17.